The lowest BCUT2D eigenvalue weighted by Gasteiger charge is -2.26. The molecule has 3 rings (SSSR count). The smallest absolute Gasteiger partial charge is 0.329 e. The molecule has 0 spiro atoms. The summed E-state index contributed by atoms with van der Waals surface area (Å²) < 4.78 is 0. The predicted molar refractivity (Wildman–Crippen MR) is 78.9 cm³/mol. The number of carbonyl (C=O) groups excluding carboxylic acids is 1. The molecule has 21 heavy (non-hydrogen) atoms. The zero-order chi connectivity index (χ0) is 15.2. The number of hydrogen-bond donors (Lipinski definition) is 2. The molecule has 4 heteroatoms. The van der Waals surface area contributed by atoms with Crippen molar-refractivity contribution in [1.29, 1.82) is 0 Å². The number of rotatable bonds is 5. The van der Waals surface area contributed by atoms with Crippen LogP contribution in [-0.2, 0) is 9.59 Å². The molecule has 4 nitrogen and oxygen atoms in total. The van der Waals surface area contributed by atoms with Crippen LogP contribution >= 0.6 is 0 Å². The zero-order valence-electron chi connectivity index (χ0n) is 12.4. The second-order valence-electron chi connectivity index (χ2n) is 6.58. The lowest BCUT2D eigenvalue weighted by Crippen LogP contribution is -2.54. The molecular weight excluding hydrogens is 266 g/mol. The topological polar surface area (TPSA) is 66.4 Å². The summed E-state index contributed by atoms with van der Waals surface area (Å²) in [6, 6.07) is 8.09. The van der Waals surface area contributed by atoms with E-state index in [1.165, 1.54) is 11.1 Å². The fourth-order valence-electron chi connectivity index (χ4n) is 3.17. The number of amides is 1. The summed E-state index contributed by atoms with van der Waals surface area (Å²) in [5.41, 5.74) is 1.30. The number of carboxylic acid groups (broad SMARTS) is 1. The van der Waals surface area contributed by atoms with E-state index in [0.29, 0.717) is 0 Å². The molecule has 2 aliphatic carbocycles. The average molecular weight is 287 g/mol. The molecule has 112 valence electrons. The monoisotopic (exact) mass is 287 g/mol. The summed E-state index contributed by atoms with van der Waals surface area (Å²) in [5, 5.41) is 12.2. The predicted octanol–water partition coefficient (Wildman–Crippen LogP) is 2.47. The van der Waals surface area contributed by atoms with Crippen molar-refractivity contribution in [3.8, 4) is 0 Å². The van der Waals surface area contributed by atoms with Gasteiger partial charge in [0.25, 0.3) is 0 Å². The standard InChI is InChI=1S/C17H21NO3/c1-10-5-3-4-6-12(10)13-9-14(13)15(19)18-17(2,16(20)21)11-7-8-11/h3-6,11,13-14H,7-9H2,1-2H3,(H,18,19)(H,20,21)/t13-,14+,17-/m0/s1. The maximum atomic E-state index is 12.4. The minimum absolute atomic E-state index is 0.0783. The van der Waals surface area contributed by atoms with Gasteiger partial charge in [0, 0.05) is 5.92 Å². The Hall–Kier alpha value is -1.84. The number of carbonyl (C=O) groups is 2. The summed E-state index contributed by atoms with van der Waals surface area (Å²) in [4.78, 5) is 23.9. The van der Waals surface area contributed by atoms with Gasteiger partial charge < -0.3 is 10.4 Å². The maximum Gasteiger partial charge on any atom is 0.329 e. The van der Waals surface area contributed by atoms with E-state index in [9.17, 15) is 14.7 Å². The largest absolute Gasteiger partial charge is 0.480 e. The summed E-state index contributed by atoms with van der Waals surface area (Å²) >= 11 is 0. The Morgan fingerprint density at radius 1 is 1.29 bits per heavy atom. The van der Waals surface area contributed by atoms with Gasteiger partial charge in [0.2, 0.25) is 5.91 Å². The number of nitrogens with one attached hydrogen (secondary N) is 1. The van der Waals surface area contributed by atoms with E-state index in [-0.39, 0.29) is 23.7 Å². The Morgan fingerprint density at radius 3 is 2.52 bits per heavy atom. The third-order valence-corrected chi connectivity index (χ3v) is 4.94. The van der Waals surface area contributed by atoms with E-state index in [1.807, 2.05) is 25.1 Å². The Balaban J connectivity index is 1.68. The number of benzene rings is 1. The molecule has 2 fully saturated rings. The van der Waals surface area contributed by atoms with Crippen molar-refractivity contribution < 1.29 is 14.7 Å². The van der Waals surface area contributed by atoms with Gasteiger partial charge in [0.1, 0.15) is 5.54 Å². The minimum Gasteiger partial charge on any atom is -0.480 e. The van der Waals surface area contributed by atoms with Gasteiger partial charge in [-0.3, -0.25) is 4.79 Å². The third-order valence-electron chi connectivity index (χ3n) is 4.94. The van der Waals surface area contributed by atoms with Crippen molar-refractivity contribution in [1.82, 2.24) is 5.32 Å². The lowest BCUT2D eigenvalue weighted by atomic mass is 9.95. The van der Waals surface area contributed by atoms with Crippen LogP contribution in [0.2, 0.25) is 0 Å². The number of aliphatic carboxylic acids is 1. The molecule has 0 aromatic heterocycles. The first-order chi connectivity index (χ1) is 9.93. The van der Waals surface area contributed by atoms with Crippen LogP contribution in [0, 0.1) is 18.8 Å². The molecule has 0 heterocycles. The summed E-state index contributed by atoms with van der Waals surface area (Å²) in [5.74, 6) is -0.798. The van der Waals surface area contributed by atoms with Gasteiger partial charge in [0.15, 0.2) is 0 Å². The van der Waals surface area contributed by atoms with Crippen molar-refractivity contribution in [3.63, 3.8) is 0 Å². The van der Waals surface area contributed by atoms with Gasteiger partial charge in [0.05, 0.1) is 0 Å². The highest BCUT2D eigenvalue weighted by Crippen LogP contribution is 2.49. The van der Waals surface area contributed by atoms with E-state index < -0.39 is 11.5 Å². The average Bonchev–Trinajstić information content (AvgIpc) is 3.30. The van der Waals surface area contributed by atoms with Crippen LogP contribution in [0.4, 0.5) is 0 Å². The van der Waals surface area contributed by atoms with Crippen molar-refractivity contribution in [2.75, 3.05) is 0 Å². The molecule has 0 bridgehead atoms. The minimum atomic E-state index is -1.10. The van der Waals surface area contributed by atoms with E-state index in [4.69, 9.17) is 0 Å². The Bertz CT molecular complexity index is 593. The van der Waals surface area contributed by atoms with Gasteiger partial charge in [-0.15, -0.1) is 0 Å². The van der Waals surface area contributed by atoms with Gasteiger partial charge in [-0.05, 0) is 56.1 Å². The van der Waals surface area contributed by atoms with Gasteiger partial charge in [-0.2, -0.15) is 0 Å². The Labute approximate surface area is 124 Å². The fraction of sp³-hybridized carbons (Fsp3) is 0.529. The SMILES string of the molecule is Cc1ccccc1[C@@H]1C[C@H]1C(=O)N[C@](C)(C(=O)O)C1CC1. The van der Waals surface area contributed by atoms with Crippen molar-refractivity contribution >= 4 is 11.9 Å². The highest BCUT2D eigenvalue weighted by molar-refractivity contribution is 5.90. The van der Waals surface area contributed by atoms with Gasteiger partial charge in [-0.25, -0.2) is 4.79 Å². The van der Waals surface area contributed by atoms with E-state index in [2.05, 4.69) is 11.4 Å². The molecule has 3 atom stereocenters. The van der Waals surface area contributed by atoms with Crippen LogP contribution in [0.25, 0.3) is 0 Å². The summed E-state index contributed by atoms with van der Waals surface area (Å²) in [6.45, 7) is 3.68. The van der Waals surface area contributed by atoms with E-state index in [1.54, 1.807) is 6.92 Å². The van der Waals surface area contributed by atoms with Crippen LogP contribution in [0.15, 0.2) is 24.3 Å². The van der Waals surface area contributed by atoms with Gasteiger partial charge >= 0.3 is 5.97 Å². The summed E-state index contributed by atoms with van der Waals surface area (Å²) in [7, 11) is 0. The number of carboxylic acids is 1. The molecular formula is C17H21NO3. The van der Waals surface area contributed by atoms with Gasteiger partial charge in [-0.1, -0.05) is 24.3 Å². The first kappa shape index (κ1) is 14.1. The van der Waals surface area contributed by atoms with Crippen LogP contribution < -0.4 is 5.32 Å². The molecule has 1 aromatic rings. The van der Waals surface area contributed by atoms with Crippen LogP contribution in [0.3, 0.4) is 0 Å². The molecule has 0 unspecified atom stereocenters. The van der Waals surface area contributed by atoms with Crippen molar-refractivity contribution in [3.05, 3.63) is 35.4 Å². The van der Waals surface area contributed by atoms with E-state index >= 15 is 0 Å². The highest BCUT2D eigenvalue weighted by atomic mass is 16.4. The number of hydrogen-bond acceptors (Lipinski definition) is 2. The highest BCUT2D eigenvalue weighted by Gasteiger charge is 2.52. The normalized spacial score (nSPS) is 26.8. The fourth-order valence-corrected chi connectivity index (χ4v) is 3.17. The molecule has 1 amide bonds. The maximum absolute atomic E-state index is 12.4. The lowest BCUT2D eigenvalue weighted by molar-refractivity contribution is -0.148. The molecule has 2 N–H and O–H groups in total. The first-order valence-electron chi connectivity index (χ1n) is 7.54. The van der Waals surface area contributed by atoms with Crippen molar-refractivity contribution in [2.45, 2.75) is 44.6 Å². The quantitative estimate of drug-likeness (QED) is 0.874. The first-order valence-corrected chi connectivity index (χ1v) is 7.54. The van der Waals surface area contributed by atoms with Crippen LogP contribution in [-0.4, -0.2) is 22.5 Å². The van der Waals surface area contributed by atoms with Crippen LogP contribution in [0.1, 0.15) is 43.2 Å². The molecule has 2 aliphatic rings. The zero-order valence-corrected chi connectivity index (χ0v) is 12.4. The van der Waals surface area contributed by atoms with Crippen LogP contribution in [0.5, 0.6) is 0 Å². The number of aryl methyl sites for hydroxylation is 1. The second kappa shape index (κ2) is 4.86. The van der Waals surface area contributed by atoms with E-state index in [0.717, 1.165) is 19.3 Å². The van der Waals surface area contributed by atoms with Crippen molar-refractivity contribution in [2.24, 2.45) is 11.8 Å². The molecule has 1 aromatic carbocycles. The molecule has 2 saturated carbocycles. The third kappa shape index (κ3) is 2.55. The Morgan fingerprint density at radius 2 is 1.95 bits per heavy atom. The molecule has 0 radical (unpaired) electrons. The molecule has 0 aliphatic heterocycles. The summed E-state index contributed by atoms with van der Waals surface area (Å²) in [6.07, 6.45) is 2.58. The Kier molecular flexibility index (Phi) is 3.27. The molecule has 0 saturated heterocycles. The second-order valence-corrected chi connectivity index (χ2v) is 6.58.